The third kappa shape index (κ3) is 2.17. The largest absolute Gasteiger partial charge is 0.326 e. The van der Waals surface area contributed by atoms with E-state index in [-0.39, 0.29) is 0 Å². The van der Waals surface area contributed by atoms with E-state index in [0.717, 1.165) is 13.0 Å². The molecule has 0 saturated heterocycles. The number of likely N-dealkylation sites (N-methyl/N-ethyl adjacent to an activating group) is 1. The van der Waals surface area contributed by atoms with Crippen molar-refractivity contribution in [1.82, 2.24) is 4.90 Å². The first-order valence-electron chi connectivity index (χ1n) is 3.97. The maximum absolute atomic E-state index is 5.57. The lowest BCUT2D eigenvalue weighted by molar-refractivity contribution is 0.447. The van der Waals surface area contributed by atoms with Crippen LogP contribution in [0.4, 0.5) is 0 Å². The average Bonchev–Trinajstić information content (AvgIpc) is 2.34. The molecule has 11 heavy (non-hydrogen) atoms. The van der Waals surface area contributed by atoms with Crippen molar-refractivity contribution in [3.8, 4) is 0 Å². The molecule has 0 saturated carbocycles. The number of nitrogens with two attached hydrogens (primary N) is 1. The minimum Gasteiger partial charge on any atom is -0.326 e. The van der Waals surface area contributed by atoms with Crippen LogP contribution in [0.3, 0.4) is 0 Å². The predicted octanol–water partition coefficient (Wildman–Crippen LogP) is 0.763. The van der Waals surface area contributed by atoms with Crippen LogP contribution in [0.5, 0.6) is 0 Å². The highest BCUT2D eigenvalue weighted by Crippen LogP contribution is 2.17. The molecule has 1 rings (SSSR count). The van der Waals surface area contributed by atoms with Gasteiger partial charge in [0.15, 0.2) is 0 Å². The van der Waals surface area contributed by atoms with Crippen molar-refractivity contribution in [3.05, 3.63) is 23.3 Å². The number of nitrogens with zero attached hydrogens (tertiary/aromatic N) is 1. The summed E-state index contributed by atoms with van der Waals surface area (Å²) in [6.07, 6.45) is 5.52. The van der Waals surface area contributed by atoms with Crippen LogP contribution in [0, 0.1) is 0 Å². The molecule has 0 fully saturated rings. The van der Waals surface area contributed by atoms with Crippen LogP contribution >= 0.6 is 0 Å². The van der Waals surface area contributed by atoms with Gasteiger partial charge in [-0.25, -0.2) is 0 Å². The quantitative estimate of drug-likeness (QED) is 0.647. The smallest absolute Gasteiger partial charge is 0.0227 e. The molecule has 0 heterocycles. The Morgan fingerprint density at radius 1 is 1.36 bits per heavy atom. The summed E-state index contributed by atoms with van der Waals surface area (Å²) in [5.41, 5.74) is 8.29. The van der Waals surface area contributed by atoms with Gasteiger partial charge in [0.2, 0.25) is 0 Å². The van der Waals surface area contributed by atoms with Gasteiger partial charge in [0, 0.05) is 13.1 Å². The van der Waals surface area contributed by atoms with E-state index in [1.807, 2.05) is 0 Å². The summed E-state index contributed by atoms with van der Waals surface area (Å²) in [6, 6.07) is 0. The highest BCUT2D eigenvalue weighted by Gasteiger charge is 2.08. The van der Waals surface area contributed by atoms with Gasteiger partial charge in [-0.15, -0.1) is 0 Å². The summed E-state index contributed by atoms with van der Waals surface area (Å²) < 4.78 is 0. The SMILES string of the molecule is CN(C)CC1=CCC=C1CN. The molecule has 1 aliphatic carbocycles. The van der Waals surface area contributed by atoms with Crippen molar-refractivity contribution >= 4 is 0 Å². The zero-order valence-electron chi connectivity index (χ0n) is 7.30. The molecule has 0 bridgehead atoms. The Morgan fingerprint density at radius 3 is 2.55 bits per heavy atom. The molecule has 2 nitrogen and oxygen atoms in total. The number of allylic oxidation sites excluding steroid dienone is 2. The summed E-state index contributed by atoms with van der Waals surface area (Å²) >= 11 is 0. The van der Waals surface area contributed by atoms with E-state index in [2.05, 4.69) is 31.1 Å². The lowest BCUT2D eigenvalue weighted by atomic mass is 10.1. The van der Waals surface area contributed by atoms with Gasteiger partial charge in [0.25, 0.3) is 0 Å². The highest BCUT2D eigenvalue weighted by atomic mass is 15.0. The third-order valence-corrected chi connectivity index (χ3v) is 1.85. The maximum Gasteiger partial charge on any atom is 0.0227 e. The highest BCUT2D eigenvalue weighted by molar-refractivity contribution is 5.38. The first kappa shape index (κ1) is 8.50. The van der Waals surface area contributed by atoms with E-state index in [4.69, 9.17) is 5.73 Å². The second-order valence-corrected chi connectivity index (χ2v) is 3.14. The van der Waals surface area contributed by atoms with Crippen LogP contribution in [0.1, 0.15) is 6.42 Å². The molecule has 62 valence electrons. The third-order valence-electron chi connectivity index (χ3n) is 1.85. The molecule has 0 radical (unpaired) electrons. The molecule has 2 heteroatoms. The van der Waals surface area contributed by atoms with Crippen molar-refractivity contribution in [2.24, 2.45) is 5.73 Å². The fourth-order valence-electron chi connectivity index (χ4n) is 1.33. The molecule has 0 spiro atoms. The molecule has 2 N–H and O–H groups in total. The second kappa shape index (κ2) is 3.69. The zero-order chi connectivity index (χ0) is 8.27. The molecule has 0 amide bonds. The van der Waals surface area contributed by atoms with Gasteiger partial charge in [-0.1, -0.05) is 12.2 Å². The van der Waals surface area contributed by atoms with Gasteiger partial charge in [-0.3, -0.25) is 0 Å². The number of rotatable bonds is 3. The topological polar surface area (TPSA) is 29.3 Å². The Kier molecular flexibility index (Phi) is 2.85. The van der Waals surface area contributed by atoms with E-state index < -0.39 is 0 Å². The normalized spacial score (nSPS) is 17.1. The van der Waals surface area contributed by atoms with Crippen molar-refractivity contribution in [2.75, 3.05) is 27.2 Å². The molecule has 0 unspecified atom stereocenters. The Hall–Kier alpha value is -0.600. The van der Waals surface area contributed by atoms with Gasteiger partial charge >= 0.3 is 0 Å². The minimum atomic E-state index is 0.680. The first-order valence-corrected chi connectivity index (χ1v) is 3.97. The zero-order valence-corrected chi connectivity index (χ0v) is 7.30. The van der Waals surface area contributed by atoms with Crippen molar-refractivity contribution in [3.63, 3.8) is 0 Å². The van der Waals surface area contributed by atoms with Crippen LogP contribution in [0.25, 0.3) is 0 Å². The summed E-state index contributed by atoms with van der Waals surface area (Å²) in [6.45, 7) is 1.70. The van der Waals surface area contributed by atoms with E-state index in [1.165, 1.54) is 11.1 Å². The minimum absolute atomic E-state index is 0.680. The Labute approximate surface area is 68.4 Å². The van der Waals surface area contributed by atoms with Gasteiger partial charge in [0.05, 0.1) is 0 Å². The monoisotopic (exact) mass is 152 g/mol. The van der Waals surface area contributed by atoms with E-state index in [1.54, 1.807) is 0 Å². The van der Waals surface area contributed by atoms with E-state index >= 15 is 0 Å². The van der Waals surface area contributed by atoms with Gasteiger partial charge < -0.3 is 10.6 Å². The van der Waals surface area contributed by atoms with Crippen molar-refractivity contribution < 1.29 is 0 Å². The number of hydrogen-bond donors (Lipinski definition) is 1. The molecule has 0 aromatic carbocycles. The molecule has 0 atom stereocenters. The Balaban J connectivity index is 2.52. The standard InChI is InChI=1S/C9H16N2/c1-11(2)7-9-5-3-4-8(9)6-10/h4-5H,3,6-7,10H2,1-2H3. The van der Waals surface area contributed by atoms with Gasteiger partial charge in [-0.2, -0.15) is 0 Å². The molecule has 0 aromatic heterocycles. The van der Waals surface area contributed by atoms with Crippen LogP contribution in [0.2, 0.25) is 0 Å². The van der Waals surface area contributed by atoms with E-state index in [9.17, 15) is 0 Å². The van der Waals surface area contributed by atoms with Gasteiger partial charge in [0.1, 0.15) is 0 Å². The summed E-state index contributed by atoms with van der Waals surface area (Å²) in [4.78, 5) is 2.17. The second-order valence-electron chi connectivity index (χ2n) is 3.14. The van der Waals surface area contributed by atoms with Crippen molar-refractivity contribution in [1.29, 1.82) is 0 Å². The van der Waals surface area contributed by atoms with Crippen molar-refractivity contribution in [2.45, 2.75) is 6.42 Å². The summed E-state index contributed by atoms with van der Waals surface area (Å²) in [5, 5.41) is 0. The summed E-state index contributed by atoms with van der Waals surface area (Å²) in [7, 11) is 4.15. The van der Waals surface area contributed by atoms with Crippen LogP contribution in [-0.2, 0) is 0 Å². The first-order chi connectivity index (χ1) is 5.24. The number of hydrogen-bond acceptors (Lipinski definition) is 2. The molecule has 0 aliphatic heterocycles. The Bertz CT molecular complexity index is 190. The lowest BCUT2D eigenvalue weighted by Crippen LogP contribution is -2.17. The van der Waals surface area contributed by atoms with Crippen LogP contribution in [-0.4, -0.2) is 32.1 Å². The molecule has 0 aromatic rings. The molecule has 1 aliphatic rings. The maximum atomic E-state index is 5.57. The van der Waals surface area contributed by atoms with Crippen LogP contribution in [0.15, 0.2) is 23.3 Å². The average molecular weight is 152 g/mol. The fourth-order valence-corrected chi connectivity index (χ4v) is 1.33. The summed E-state index contributed by atoms with van der Waals surface area (Å²) in [5.74, 6) is 0. The fraction of sp³-hybridized carbons (Fsp3) is 0.556. The Morgan fingerprint density at radius 2 is 2.00 bits per heavy atom. The molecular formula is C9H16N2. The lowest BCUT2D eigenvalue weighted by Gasteiger charge is -2.12. The van der Waals surface area contributed by atoms with Crippen LogP contribution < -0.4 is 5.73 Å². The molecular weight excluding hydrogens is 136 g/mol. The van der Waals surface area contributed by atoms with E-state index in [0.29, 0.717) is 6.54 Å². The van der Waals surface area contributed by atoms with Gasteiger partial charge in [-0.05, 0) is 31.7 Å². The predicted molar refractivity (Wildman–Crippen MR) is 48.4 cm³/mol.